The molecule has 2 N–H and O–H groups in total. The zero-order valence-electron chi connectivity index (χ0n) is 22.0. The highest BCUT2D eigenvalue weighted by atomic mass is 16.4. The Kier molecular flexibility index (Phi) is 6.29. The fourth-order valence-corrected chi connectivity index (χ4v) is 5.90. The molecular formula is C29H37N5O2. The number of likely N-dealkylation sites (tertiary alicyclic amines) is 1. The third-order valence-electron chi connectivity index (χ3n) is 8.19. The Morgan fingerprint density at radius 1 is 1.25 bits per heavy atom. The van der Waals surface area contributed by atoms with Gasteiger partial charge in [0, 0.05) is 38.4 Å². The second-order valence-electron chi connectivity index (χ2n) is 11.0. The van der Waals surface area contributed by atoms with Crippen LogP contribution in [0, 0.1) is 19.3 Å². The lowest BCUT2D eigenvalue weighted by Crippen LogP contribution is -2.36. The molecule has 1 aliphatic heterocycles. The van der Waals surface area contributed by atoms with Crippen LogP contribution in [0.3, 0.4) is 0 Å². The highest BCUT2D eigenvalue weighted by molar-refractivity contribution is 5.83. The number of hydrogen-bond acceptors (Lipinski definition) is 3. The van der Waals surface area contributed by atoms with Gasteiger partial charge in [0.05, 0.1) is 22.5 Å². The fraction of sp³-hybridized carbons (Fsp3) is 0.448. The predicted molar refractivity (Wildman–Crippen MR) is 142 cm³/mol. The molecule has 1 fully saturated rings. The van der Waals surface area contributed by atoms with Crippen molar-refractivity contribution < 1.29 is 9.90 Å². The van der Waals surface area contributed by atoms with E-state index in [1.54, 1.807) is 0 Å². The van der Waals surface area contributed by atoms with Crippen LogP contribution >= 0.6 is 0 Å². The van der Waals surface area contributed by atoms with Gasteiger partial charge in [-0.25, -0.2) is 0 Å². The lowest BCUT2D eigenvalue weighted by atomic mass is 9.69. The molecule has 3 heterocycles. The summed E-state index contributed by atoms with van der Waals surface area (Å²) in [5.74, 6) is -1.06. The molecule has 7 nitrogen and oxygen atoms in total. The molecule has 5 rings (SSSR count). The van der Waals surface area contributed by atoms with E-state index in [0.717, 1.165) is 60.2 Å². The Bertz CT molecular complexity index is 1380. The number of piperidine rings is 1. The molecule has 2 unspecified atom stereocenters. The molecular weight excluding hydrogens is 450 g/mol. The van der Waals surface area contributed by atoms with Crippen LogP contribution in [0.1, 0.15) is 66.5 Å². The number of fused-ring (bicyclic) bond motifs is 1. The van der Waals surface area contributed by atoms with Crippen molar-refractivity contribution in [2.75, 3.05) is 13.1 Å². The number of carbonyl (C=O) groups is 1. The first-order chi connectivity index (χ1) is 17.2. The number of hydrogen-bond donors (Lipinski definition) is 2. The Balaban J connectivity index is 1.50. The molecule has 1 aliphatic rings. The molecule has 0 amide bonds. The van der Waals surface area contributed by atoms with Gasteiger partial charge < -0.3 is 5.11 Å². The number of nitrogens with one attached hydrogen (secondary N) is 1. The quantitative estimate of drug-likeness (QED) is 0.366. The molecule has 36 heavy (non-hydrogen) atoms. The van der Waals surface area contributed by atoms with E-state index in [9.17, 15) is 9.90 Å². The summed E-state index contributed by atoms with van der Waals surface area (Å²) in [4.78, 5) is 15.0. The maximum absolute atomic E-state index is 12.5. The van der Waals surface area contributed by atoms with Crippen LogP contribution in [-0.2, 0) is 18.4 Å². The summed E-state index contributed by atoms with van der Waals surface area (Å²) in [5.41, 5.74) is 6.99. The normalized spacial score (nSPS) is 18.1. The largest absolute Gasteiger partial charge is 0.481 e. The third kappa shape index (κ3) is 4.26. The zero-order chi connectivity index (χ0) is 25.6. The van der Waals surface area contributed by atoms with Gasteiger partial charge in [0.15, 0.2) is 0 Å². The van der Waals surface area contributed by atoms with Crippen LogP contribution in [-0.4, -0.2) is 48.6 Å². The van der Waals surface area contributed by atoms with Crippen molar-refractivity contribution >= 4 is 17.0 Å². The number of carboxylic acid groups (broad SMARTS) is 1. The summed E-state index contributed by atoms with van der Waals surface area (Å²) in [6.45, 7) is 10.8. The predicted octanol–water partition coefficient (Wildman–Crippen LogP) is 5.40. The zero-order valence-corrected chi connectivity index (χ0v) is 22.0. The number of rotatable bonds is 7. The van der Waals surface area contributed by atoms with Gasteiger partial charge in [-0.2, -0.15) is 5.10 Å². The van der Waals surface area contributed by atoms with Gasteiger partial charge in [0.2, 0.25) is 0 Å². The van der Waals surface area contributed by atoms with Gasteiger partial charge in [-0.15, -0.1) is 0 Å². The molecule has 0 spiro atoms. The second kappa shape index (κ2) is 9.28. The van der Waals surface area contributed by atoms with Gasteiger partial charge in [-0.1, -0.05) is 24.3 Å². The Hall–Kier alpha value is -3.32. The molecule has 0 bridgehead atoms. The summed E-state index contributed by atoms with van der Waals surface area (Å²) in [6, 6.07) is 13.1. The molecule has 190 valence electrons. The molecule has 0 saturated carbocycles. The smallest absolute Gasteiger partial charge is 0.310 e. The third-order valence-corrected chi connectivity index (χ3v) is 8.19. The Labute approximate surface area is 212 Å². The summed E-state index contributed by atoms with van der Waals surface area (Å²) in [5, 5.41) is 18.1. The fourth-order valence-electron chi connectivity index (χ4n) is 5.90. The van der Waals surface area contributed by atoms with Crippen molar-refractivity contribution in [3.05, 3.63) is 76.6 Å². The number of aryl methyl sites for hydroxylation is 3. The first kappa shape index (κ1) is 24.4. The minimum absolute atomic E-state index is 0.273. The van der Waals surface area contributed by atoms with E-state index in [0.29, 0.717) is 6.04 Å². The Morgan fingerprint density at radius 2 is 2.06 bits per heavy atom. The van der Waals surface area contributed by atoms with Gasteiger partial charge >= 0.3 is 5.97 Å². The first-order valence-corrected chi connectivity index (χ1v) is 12.8. The van der Waals surface area contributed by atoms with E-state index >= 15 is 0 Å². The molecule has 4 aromatic rings. The van der Waals surface area contributed by atoms with Crippen molar-refractivity contribution in [1.29, 1.82) is 0 Å². The summed E-state index contributed by atoms with van der Waals surface area (Å²) in [6.07, 6.45) is 6.20. The van der Waals surface area contributed by atoms with Gasteiger partial charge in [0.1, 0.15) is 0 Å². The Morgan fingerprint density at radius 3 is 2.75 bits per heavy atom. The van der Waals surface area contributed by atoms with Crippen molar-refractivity contribution in [3.8, 4) is 0 Å². The van der Waals surface area contributed by atoms with E-state index in [4.69, 9.17) is 0 Å². The number of aliphatic carboxylic acids is 1. The van der Waals surface area contributed by atoms with Crippen molar-refractivity contribution in [3.63, 3.8) is 0 Å². The maximum Gasteiger partial charge on any atom is 0.310 e. The molecule has 7 heteroatoms. The van der Waals surface area contributed by atoms with Gasteiger partial charge in [-0.3, -0.25) is 24.2 Å². The van der Waals surface area contributed by atoms with Crippen molar-refractivity contribution in [1.82, 2.24) is 24.5 Å². The average molecular weight is 488 g/mol. The van der Waals surface area contributed by atoms with Crippen molar-refractivity contribution in [2.24, 2.45) is 12.5 Å². The van der Waals surface area contributed by atoms with Gasteiger partial charge in [-0.05, 0) is 87.0 Å². The standard InChI is InChI=1S/C29H37N5O2/c1-19-9-10-21(16-22(19)17-33-14-6-8-23(18-33)34-15-7-13-30-34)26(29(3,4)28(35)36)24-11-12-25-27(20(24)2)31-32(25)5/h7,9-13,15-16,23,26,31H,6,8,14,17-18H2,1-5H3,(H,35,36). The van der Waals surface area contributed by atoms with Crippen LogP contribution in [0.15, 0.2) is 48.8 Å². The number of benzene rings is 2. The van der Waals surface area contributed by atoms with Crippen LogP contribution in [0.2, 0.25) is 0 Å². The first-order valence-electron chi connectivity index (χ1n) is 12.8. The summed E-state index contributed by atoms with van der Waals surface area (Å²) < 4.78 is 4.07. The van der Waals surface area contributed by atoms with Crippen LogP contribution in [0.25, 0.3) is 11.0 Å². The number of aromatic amines is 1. The maximum atomic E-state index is 12.5. The minimum atomic E-state index is -0.975. The minimum Gasteiger partial charge on any atom is -0.481 e. The summed E-state index contributed by atoms with van der Waals surface area (Å²) in [7, 11) is 1.99. The molecule has 2 aromatic heterocycles. The van der Waals surface area contributed by atoms with Crippen LogP contribution in [0.4, 0.5) is 0 Å². The monoisotopic (exact) mass is 487 g/mol. The molecule has 0 radical (unpaired) electrons. The van der Waals surface area contributed by atoms with Crippen LogP contribution < -0.4 is 0 Å². The topological polar surface area (TPSA) is 79.1 Å². The molecule has 0 aliphatic carbocycles. The number of nitrogens with zero attached hydrogens (tertiary/aromatic N) is 4. The van der Waals surface area contributed by atoms with E-state index in [1.807, 2.05) is 37.8 Å². The van der Waals surface area contributed by atoms with Crippen molar-refractivity contribution in [2.45, 2.75) is 59.0 Å². The van der Waals surface area contributed by atoms with E-state index in [2.05, 4.69) is 70.2 Å². The number of H-pyrrole nitrogens is 1. The van der Waals surface area contributed by atoms with E-state index in [-0.39, 0.29) is 5.92 Å². The van der Waals surface area contributed by atoms with E-state index in [1.165, 1.54) is 11.1 Å². The SMILES string of the molecule is Cc1ccc(C(c2ccc3c([nH]n3C)c2C)C(C)(C)C(=O)O)cc1CN1CCCC(n2cccn2)C1. The van der Waals surface area contributed by atoms with Gasteiger partial charge in [0.25, 0.3) is 0 Å². The molecule has 2 atom stereocenters. The number of aromatic nitrogens is 4. The lowest BCUT2D eigenvalue weighted by molar-refractivity contribution is -0.147. The molecule has 1 saturated heterocycles. The summed E-state index contributed by atoms with van der Waals surface area (Å²) >= 11 is 0. The van der Waals surface area contributed by atoms with E-state index < -0.39 is 11.4 Å². The van der Waals surface area contributed by atoms with Crippen LogP contribution in [0.5, 0.6) is 0 Å². The lowest BCUT2D eigenvalue weighted by Gasteiger charge is -2.35. The second-order valence-corrected chi connectivity index (χ2v) is 11.0. The number of carboxylic acids is 1. The average Bonchev–Trinajstić information content (AvgIpc) is 3.38. The highest BCUT2D eigenvalue weighted by Crippen LogP contribution is 2.44. The molecule has 2 aromatic carbocycles. The highest BCUT2D eigenvalue weighted by Gasteiger charge is 2.40.